The quantitative estimate of drug-likeness (QED) is 0.252. The Kier molecular flexibility index (Phi) is 6.62. The Morgan fingerprint density at radius 2 is 1.09 bits per heavy atom. The van der Waals surface area contributed by atoms with E-state index in [0.29, 0.717) is 5.41 Å². The van der Waals surface area contributed by atoms with E-state index in [1.165, 1.54) is 0 Å². The lowest BCUT2D eigenvalue weighted by Crippen LogP contribution is -2.72. The Bertz CT molecular complexity index is 891. The minimum Gasteiger partial charge on any atom is -0.0830 e. The van der Waals surface area contributed by atoms with Crippen LogP contribution >= 0.6 is 14.8 Å². The van der Waals surface area contributed by atoms with Gasteiger partial charge in [0.1, 0.15) is 6.78 Å². The van der Waals surface area contributed by atoms with Crippen molar-refractivity contribution in [2.75, 3.05) is 0 Å². The van der Waals surface area contributed by atoms with E-state index >= 15 is 0 Å². The maximum Gasteiger partial charge on any atom is 0.105 e. The van der Waals surface area contributed by atoms with Gasteiger partial charge in [-0.1, -0.05) is 144 Å². The van der Waals surface area contributed by atoms with Crippen molar-refractivity contribution in [1.29, 1.82) is 0 Å². The van der Waals surface area contributed by atoms with E-state index in [4.69, 9.17) is 0 Å². The highest BCUT2D eigenvalue weighted by atomic mass is 32.2. The summed E-state index contributed by atoms with van der Waals surface area (Å²) in [5, 5.41) is 4.07. The molecule has 0 nitrogen and oxygen atoms in total. The van der Waals surface area contributed by atoms with Gasteiger partial charge in [-0.3, -0.25) is 0 Å². The van der Waals surface area contributed by atoms with Crippen molar-refractivity contribution in [3.8, 4) is 0 Å². The zero-order valence-electron chi connectivity index (χ0n) is 23.8. The molecule has 0 radical (unpaired) electrons. The zero-order valence-corrected chi connectivity index (χ0v) is 30.6. The number of hydrogen-bond donors (Lipinski definition) is 0. The van der Waals surface area contributed by atoms with Crippen molar-refractivity contribution in [1.82, 2.24) is 0 Å². The van der Waals surface area contributed by atoms with Gasteiger partial charge in [0.25, 0.3) is 0 Å². The molecule has 0 N–H and O–H groups in total. The van der Waals surface area contributed by atoms with E-state index in [1.54, 1.807) is 5.56 Å². The molecule has 0 aliphatic carbocycles. The van der Waals surface area contributed by atoms with Crippen LogP contribution in [0.15, 0.2) is 35.6 Å². The molecule has 1 aromatic rings. The summed E-state index contributed by atoms with van der Waals surface area (Å²) in [5.74, 6) is 0. The van der Waals surface area contributed by atoms with Crippen LogP contribution in [-0.4, -0.2) is 42.3 Å². The summed E-state index contributed by atoms with van der Waals surface area (Å²) in [6, 6.07) is 11.9. The summed E-state index contributed by atoms with van der Waals surface area (Å²) in [5.41, 5.74) is 1.94. The first-order valence-corrected chi connectivity index (χ1v) is 34.7. The Morgan fingerprint density at radius 1 is 0.688 bits per heavy atom. The van der Waals surface area contributed by atoms with Crippen molar-refractivity contribution >= 4 is 58.1 Å². The summed E-state index contributed by atoms with van der Waals surface area (Å²) in [7, 11) is -5.29. The lowest BCUT2D eigenvalue weighted by atomic mass is 9.94. The first kappa shape index (κ1) is 27.5. The number of hydrogen-bond acceptors (Lipinski definition) is 0. The van der Waals surface area contributed by atoms with Crippen LogP contribution < -0.4 is 0 Å². The average molecular weight is 553 g/mol. The zero-order chi connectivity index (χ0) is 24.9. The van der Waals surface area contributed by atoms with E-state index in [2.05, 4.69) is 130 Å². The maximum atomic E-state index is 2.82. The van der Waals surface area contributed by atoms with Gasteiger partial charge in [-0.25, -0.2) is 0 Å². The van der Waals surface area contributed by atoms with Crippen molar-refractivity contribution in [2.24, 2.45) is 5.41 Å². The van der Waals surface area contributed by atoms with E-state index < -0.39 is 38.1 Å². The summed E-state index contributed by atoms with van der Waals surface area (Å²) < 4.78 is 0.804. The molecule has 180 valence electrons. The van der Waals surface area contributed by atoms with E-state index in [0.717, 1.165) is 4.14 Å². The van der Waals surface area contributed by atoms with Crippen LogP contribution in [0, 0.1) is 5.41 Å². The van der Waals surface area contributed by atoms with Crippen molar-refractivity contribution < 1.29 is 0 Å². The molecule has 2 atom stereocenters. The summed E-state index contributed by atoms with van der Waals surface area (Å²) in [6.45, 7) is 39.7. The average Bonchev–Trinajstić information content (AvgIpc) is 3.11. The van der Waals surface area contributed by atoms with Gasteiger partial charge >= 0.3 is 0 Å². The van der Waals surface area contributed by atoms with Gasteiger partial charge in [-0.05, 0) is 21.5 Å². The predicted octanol–water partition coefficient (Wildman–Crippen LogP) is 10.1. The molecule has 2 aliphatic rings. The Balaban J connectivity index is 2.61. The summed E-state index contributed by atoms with van der Waals surface area (Å²) in [6.07, 6.45) is 0. The monoisotopic (exact) mass is 552 g/mol. The van der Waals surface area contributed by atoms with Gasteiger partial charge in [0.2, 0.25) is 0 Å². The highest BCUT2D eigenvalue weighted by Gasteiger charge is 2.88. The van der Waals surface area contributed by atoms with Crippen molar-refractivity contribution in [2.45, 2.75) is 103 Å². The molecule has 0 spiro atoms. The van der Waals surface area contributed by atoms with Gasteiger partial charge in [0, 0.05) is 19.3 Å². The molecule has 7 heteroatoms. The molecule has 3 rings (SSSR count). The molecule has 2 unspecified atom stereocenters. The Hall–Kier alpha value is 0.904. The van der Waals surface area contributed by atoms with E-state index in [1.807, 2.05) is 10.5 Å². The third kappa shape index (κ3) is 3.50. The van der Waals surface area contributed by atoms with Crippen LogP contribution in [0.2, 0.25) is 78.6 Å². The minimum atomic E-state index is -1.64. The molecule has 2 heterocycles. The van der Waals surface area contributed by atoms with Gasteiger partial charge in [0.15, 0.2) is 0 Å². The normalized spacial score (nSPS) is 25.7. The maximum absolute atomic E-state index is 2.82. The molecule has 1 aromatic carbocycles. The topological polar surface area (TPSA) is 0 Å². The molecular weight excluding hydrogens is 503 g/mol. The highest BCUT2D eigenvalue weighted by molar-refractivity contribution is 8.71. The molecule has 0 amide bonds. The highest BCUT2D eigenvalue weighted by Crippen LogP contribution is 3.15. The third-order valence-electron chi connectivity index (χ3n) is 7.94. The fraction of sp³-hybridized carbons (Fsp3) is 0.680. The summed E-state index contributed by atoms with van der Waals surface area (Å²) in [4.78, 5) is 0. The first-order chi connectivity index (χ1) is 14.1. The molecule has 2 aliphatic heterocycles. The molecule has 32 heavy (non-hydrogen) atoms. The van der Waals surface area contributed by atoms with Crippen LogP contribution in [0.4, 0.5) is 0 Å². The smallest absolute Gasteiger partial charge is 0.0830 e. The number of benzene rings is 1. The molecule has 0 bridgehead atoms. The number of rotatable bonds is 5. The second-order valence-electron chi connectivity index (χ2n) is 15.3. The van der Waals surface area contributed by atoms with Crippen LogP contribution in [0.1, 0.15) is 26.3 Å². The number of fused-ring (bicyclic) bond motifs is 1. The SMILES string of the molecule is CC(C)(C)C1=C(c2ccccc2)[Si]([Si](C)(C)C)([Si](C)(C)C)P2P1C2([Si](C)(C)C)[Si](C)(C)C. The summed E-state index contributed by atoms with van der Waals surface area (Å²) >= 11 is 0. The van der Waals surface area contributed by atoms with Gasteiger partial charge in [0.05, 0.1) is 16.1 Å². The standard InChI is InChI=1S/C25H50P2Si5/c1-24(2,3)23-22(21-19-17-16-18-20-21)32(30(10,11)12,31(13,14)15)27-25(26(23)27,28(4,5)6)29(7,8)9/h16-20H,1-15H3. The van der Waals surface area contributed by atoms with Gasteiger partial charge in [-0.2, -0.15) is 0 Å². The van der Waals surface area contributed by atoms with Crippen LogP contribution in [-0.2, 0) is 0 Å². The second-order valence-corrected chi connectivity index (χ2v) is 66.7. The predicted molar refractivity (Wildman–Crippen MR) is 169 cm³/mol. The minimum absolute atomic E-state index is 0.0460. The van der Waals surface area contributed by atoms with Crippen molar-refractivity contribution in [3.63, 3.8) is 0 Å². The fourth-order valence-corrected chi connectivity index (χ4v) is 158. The van der Waals surface area contributed by atoms with E-state index in [-0.39, 0.29) is 14.8 Å². The molecule has 0 aromatic heterocycles. The molecule has 1 saturated heterocycles. The molecule has 0 saturated carbocycles. The fourth-order valence-electron chi connectivity index (χ4n) is 7.81. The third-order valence-corrected chi connectivity index (χ3v) is 100. The van der Waals surface area contributed by atoms with Gasteiger partial charge < -0.3 is 0 Å². The molecule has 1 fully saturated rings. The van der Waals surface area contributed by atoms with Crippen LogP contribution in [0.5, 0.6) is 0 Å². The largest absolute Gasteiger partial charge is 0.105 e. The van der Waals surface area contributed by atoms with Gasteiger partial charge in [-0.15, -0.1) is 0 Å². The second kappa shape index (κ2) is 7.70. The van der Waals surface area contributed by atoms with E-state index in [9.17, 15) is 0 Å². The Morgan fingerprint density at radius 3 is 1.41 bits per heavy atom. The molecular formula is C25H50P2Si5. The number of allylic oxidation sites excluding steroid dienone is 1. The first-order valence-electron chi connectivity index (χ1n) is 12.5. The van der Waals surface area contributed by atoms with Crippen LogP contribution in [0.25, 0.3) is 5.20 Å². The lowest BCUT2D eigenvalue weighted by molar-refractivity contribution is 0.534. The Labute approximate surface area is 207 Å². The van der Waals surface area contributed by atoms with Crippen molar-refractivity contribution in [3.05, 3.63) is 41.2 Å². The lowest BCUT2D eigenvalue weighted by Gasteiger charge is -2.56. The van der Waals surface area contributed by atoms with Crippen LogP contribution in [0.3, 0.4) is 0 Å².